The summed E-state index contributed by atoms with van der Waals surface area (Å²) in [5.74, 6) is -0.159. The lowest BCUT2D eigenvalue weighted by molar-refractivity contribution is -0.129. The van der Waals surface area contributed by atoms with Crippen LogP contribution in [0.2, 0.25) is 0 Å². The number of hydrogen-bond donors (Lipinski definition) is 1. The summed E-state index contributed by atoms with van der Waals surface area (Å²) in [6.07, 6.45) is 0.0410. The van der Waals surface area contributed by atoms with Crippen molar-refractivity contribution in [1.82, 2.24) is 4.90 Å². The van der Waals surface area contributed by atoms with Crippen molar-refractivity contribution in [2.24, 2.45) is 4.99 Å². The summed E-state index contributed by atoms with van der Waals surface area (Å²) in [6, 6.07) is 21.6. The number of nitrogens with zero attached hydrogens (tertiary/aromatic N) is 2. The second-order valence-corrected chi connectivity index (χ2v) is 9.83. The first-order valence-corrected chi connectivity index (χ1v) is 13.1. The molecule has 3 aromatic carbocycles. The van der Waals surface area contributed by atoms with Gasteiger partial charge in [-0.3, -0.25) is 14.5 Å². The Morgan fingerprint density at radius 2 is 1.82 bits per heavy atom. The number of esters is 1. The second-order valence-electron chi connectivity index (χ2n) is 8.66. The summed E-state index contributed by atoms with van der Waals surface area (Å²) in [6.45, 7) is 4.28. The lowest BCUT2D eigenvalue weighted by Crippen LogP contribution is -2.44. The van der Waals surface area contributed by atoms with E-state index in [1.807, 2.05) is 55.5 Å². The van der Waals surface area contributed by atoms with Crippen molar-refractivity contribution in [3.05, 3.63) is 89.5 Å². The standard InChI is InChI=1S/C29H29N3O5S/c1-4-37-28(35)21-10-12-22(13-11-21)31-29-32(18-20-8-14-24(36-3)15-9-20)26(33)17-25(38-29)27(34)30-23-7-5-6-19(2)16-23/h5-16,25H,4,17-18H2,1-3H3,(H,30,34). The number of aryl methyl sites for hydroxylation is 1. The summed E-state index contributed by atoms with van der Waals surface area (Å²) < 4.78 is 10.3. The third-order valence-corrected chi connectivity index (χ3v) is 7.01. The lowest BCUT2D eigenvalue weighted by atomic mass is 10.1. The highest BCUT2D eigenvalue weighted by Gasteiger charge is 2.36. The van der Waals surface area contributed by atoms with Gasteiger partial charge in [-0.1, -0.05) is 36.0 Å². The van der Waals surface area contributed by atoms with Crippen molar-refractivity contribution in [1.29, 1.82) is 0 Å². The van der Waals surface area contributed by atoms with E-state index < -0.39 is 11.2 Å². The first-order valence-electron chi connectivity index (χ1n) is 12.2. The fourth-order valence-corrected chi connectivity index (χ4v) is 4.95. The number of rotatable bonds is 8. The smallest absolute Gasteiger partial charge is 0.338 e. The Kier molecular flexibility index (Phi) is 8.81. The van der Waals surface area contributed by atoms with Gasteiger partial charge in [-0.15, -0.1) is 0 Å². The van der Waals surface area contributed by atoms with Crippen LogP contribution in [0.1, 0.15) is 34.8 Å². The van der Waals surface area contributed by atoms with E-state index in [1.165, 1.54) is 11.8 Å². The molecule has 1 aliphatic heterocycles. The average Bonchev–Trinajstić information content (AvgIpc) is 2.91. The molecule has 1 saturated heterocycles. The zero-order valence-corrected chi connectivity index (χ0v) is 22.3. The van der Waals surface area contributed by atoms with E-state index in [4.69, 9.17) is 14.5 Å². The number of methoxy groups -OCH3 is 1. The van der Waals surface area contributed by atoms with Gasteiger partial charge in [0.15, 0.2) is 5.17 Å². The second kappa shape index (κ2) is 12.4. The molecule has 9 heteroatoms. The number of aliphatic imine (C=N–C) groups is 1. The zero-order valence-electron chi connectivity index (χ0n) is 21.5. The molecular weight excluding hydrogens is 502 g/mol. The van der Waals surface area contributed by atoms with Gasteiger partial charge in [-0.2, -0.15) is 0 Å². The van der Waals surface area contributed by atoms with Crippen molar-refractivity contribution in [2.45, 2.75) is 32.1 Å². The number of thioether (sulfide) groups is 1. The van der Waals surface area contributed by atoms with E-state index in [0.717, 1.165) is 16.9 Å². The quantitative estimate of drug-likeness (QED) is 0.394. The van der Waals surface area contributed by atoms with Crippen molar-refractivity contribution in [2.75, 3.05) is 19.0 Å². The van der Waals surface area contributed by atoms with Crippen LogP contribution in [0.3, 0.4) is 0 Å². The summed E-state index contributed by atoms with van der Waals surface area (Å²) >= 11 is 1.24. The van der Waals surface area contributed by atoms with Crippen molar-refractivity contribution in [3.8, 4) is 5.75 Å². The van der Waals surface area contributed by atoms with E-state index in [-0.39, 0.29) is 24.8 Å². The maximum Gasteiger partial charge on any atom is 0.338 e. The molecule has 1 heterocycles. The van der Waals surface area contributed by atoms with Crippen molar-refractivity contribution < 1.29 is 23.9 Å². The van der Waals surface area contributed by atoms with E-state index in [9.17, 15) is 14.4 Å². The molecule has 38 heavy (non-hydrogen) atoms. The van der Waals surface area contributed by atoms with Gasteiger partial charge in [-0.05, 0) is 73.5 Å². The third-order valence-electron chi connectivity index (χ3n) is 5.82. The molecule has 1 atom stereocenters. The fourth-order valence-electron chi connectivity index (χ4n) is 3.85. The molecule has 1 aliphatic rings. The van der Waals surface area contributed by atoms with Crippen LogP contribution in [0, 0.1) is 6.92 Å². The number of hydrogen-bond acceptors (Lipinski definition) is 7. The van der Waals surface area contributed by atoms with Crippen LogP contribution in [0.25, 0.3) is 0 Å². The maximum atomic E-state index is 13.3. The SMILES string of the molecule is CCOC(=O)c1ccc(N=C2SC(C(=O)Nc3cccc(C)c3)CC(=O)N2Cc2ccc(OC)cc2)cc1. The van der Waals surface area contributed by atoms with E-state index in [1.54, 1.807) is 43.2 Å². The lowest BCUT2D eigenvalue weighted by Gasteiger charge is -2.32. The molecule has 0 aliphatic carbocycles. The molecule has 1 fully saturated rings. The number of amides is 2. The Hall–Kier alpha value is -4.11. The van der Waals surface area contributed by atoms with Gasteiger partial charge in [0.1, 0.15) is 11.0 Å². The minimum absolute atomic E-state index is 0.0410. The number of ether oxygens (including phenoxy) is 2. The van der Waals surface area contributed by atoms with Crippen LogP contribution >= 0.6 is 11.8 Å². The van der Waals surface area contributed by atoms with Crippen LogP contribution in [-0.2, 0) is 20.9 Å². The monoisotopic (exact) mass is 531 g/mol. The number of amidine groups is 1. The first kappa shape index (κ1) is 26.9. The number of carbonyl (C=O) groups is 3. The molecule has 0 aromatic heterocycles. The topological polar surface area (TPSA) is 97.3 Å². The number of nitrogens with one attached hydrogen (secondary N) is 1. The molecule has 1 N–H and O–H groups in total. The van der Waals surface area contributed by atoms with Gasteiger partial charge >= 0.3 is 5.97 Å². The molecule has 3 aromatic rings. The average molecular weight is 532 g/mol. The summed E-state index contributed by atoms with van der Waals surface area (Å²) in [7, 11) is 1.60. The van der Waals surface area contributed by atoms with Crippen molar-refractivity contribution >= 4 is 46.1 Å². The molecule has 4 rings (SSSR count). The van der Waals surface area contributed by atoms with Gasteiger partial charge in [0.05, 0.1) is 31.5 Å². The minimum atomic E-state index is -0.646. The predicted octanol–water partition coefficient (Wildman–Crippen LogP) is 5.34. The summed E-state index contributed by atoms with van der Waals surface area (Å²) in [4.78, 5) is 44.7. The van der Waals surface area contributed by atoms with Gasteiger partial charge in [0.25, 0.3) is 0 Å². The first-order chi connectivity index (χ1) is 18.4. The molecule has 0 saturated carbocycles. The number of benzene rings is 3. The Labute approximate surface area is 226 Å². The Morgan fingerprint density at radius 1 is 1.08 bits per heavy atom. The van der Waals surface area contributed by atoms with E-state index >= 15 is 0 Å². The number of anilines is 1. The minimum Gasteiger partial charge on any atom is -0.497 e. The van der Waals surface area contributed by atoms with Gasteiger partial charge < -0.3 is 14.8 Å². The summed E-state index contributed by atoms with van der Waals surface area (Å²) in [5, 5.41) is 2.68. The normalized spacial score (nSPS) is 16.3. The Bertz CT molecular complexity index is 1340. The molecule has 2 amide bonds. The molecular formula is C29H29N3O5S. The van der Waals surface area contributed by atoms with Crippen LogP contribution in [-0.4, -0.2) is 46.8 Å². The van der Waals surface area contributed by atoms with Crippen molar-refractivity contribution in [3.63, 3.8) is 0 Å². The fraction of sp³-hybridized carbons (Fsp3) is 0.241. The van der Waals surface area contributed by atoms with Crippen LogP contribution in [0.4, 0.5) is 11.4 Å². The Balaban J connectivity index is 1.60. The van der Waals surface area contributed by atoms with Gasteiger partial charge in [-0.25, -0.2) is 9.79 Å². The largest absolute Gasteiger partial charge is 0.497 e. The van der Waals surface area contributed by atoms with Crippen LogP contribution in [0.5, 0.6) is 5.75 Å². The molecule has 196 valence electrons. The zero-order chi connectivity index (χ0) is 27.1. The van der Waals surface area contributed by atoms with Crippen LogP contribution in [0.15, 0.2) is 77.8 Å². The maximum absolute atomic E-state index is 13.3. The molecule has 8 nitrogen and oxygen atoms in total. The Morgan fingerprint density at radius 3 is 2.47 bits per heavy atom. The molecule has 1 unspecified atom stereocenters. The van der Waals surface area contributed by atoms with Gasteiger partial charge in [0.2, 0.25) is 11.8 Å². The highest BCUT2D eigenvalue weighted by molar-refractivity contribution is 8.15. The number of carbonyl (C=O) groups excluding carboxylic acids is 3. The molecule has 0 spiro atoms. The van der Waals surface area contributed by atoms with E-state index in [0.29, 0.717) is 28.7 Å². The molecule has 0 radical (unpaired) electrons. The van der Waals surface area contributed by atoms with Crippen LogP contribution < -0.4 is 10.1 Å². The molecule has 0 bridgehead atoms. The van der Waals surface area contributed by atoms with E-state index in [2.05, 4.69) is 5.32 Å². The van der Waals surface area contributed by atoms with Gasteiger partial charge in [0, 0.05) is 12.1 Å². The summed E-state index contributed by atoms with van der Waals surface area (Å²) in [5.41, 5.74) is 3.56. The highest BCUT2D eigenvalue weighted by atomic mass is 32.2. The highest BCUT2D eigenvalue weighted by Crippen LogP contribution is 2.31. The third kappa shape index (κ3) is 6.80. The predicted molar refractivity (Wildman–Crippen MR) is 149 cm³/mol.